The van der Waals surface area contributed by atoms with Gasteiger partial charge in [0, 0.05) is 19.0 Å². The number of carbonyl (C=O) groups excluding carboxylic acids is 1. The van der Waals surface area contributed by atoms with Crippen molar-refractivity contribution in [2.45, 2.75) is 32.7 Å². The first-order valence-corrected chi connectivity index (χ1v) is 10.5. The van der Waals surface area contributed by atoms with E-state index < -0.39 is 5.91 Å². The highest BCUT2D eigenvalue weighted by Gasteiger charge is 2.16. The Hall–Kier alpha value is -3.06. The van der Waals surface area contributed by atoms with Crippen molar-refractivity contribution >= 4 is 38.2 Å². The summed E-state index contributed by atoms with van der Waals surface area (Å²) in [5.74, 6) is -0.437. The number of unbranched alkanes of at least 4 members (excludes halogenated alkanes) is 2. The zero-order chi connectivity index (χ0) is 20.4. The fourth-order valence-corrected chi connectivity index (χ4v) is 4.40. The lowest BCUT2D eigenvalue weighted by Crippen LogP contribution is -2.26. The van der Waals surface area contributed by atoms with Crippen molar-refractivity contribution in [2.75, 3.05) is 0 Å². The van der Waals surface area contributed by atoms with Gasteiger partial charge in [-0.3, -0.25) is 9.59 Å². The van der Waals surface area contributed by atoms with Crippen LogP contribution in [0.1, 0.15) is 36.7 Å². The van der Waals surface area contributed by atoms with Crippen molar-refractivity contribution in [3.63, 3.8) is 0 Å². The normalized spacial score (nSPS) is 12.1. The minimum Gasteiger partial charge on any atom is -0.319 e. The van der Waals surface area contributed by atoms with Gasteiger partial charge < -0.3 is 4.57 Å². The second kappa shape index (κ2) is 8.13. The summed E-state index contributed by atoms with van der Waals surface area (Å²) in [5, 5.41) is 5.45. The molecule has 2 aromatic carbocycles. The molecule has 0 bridgehead atoms. The molecule has 2 aromatic heterocycles. The number of aryl methyl sites for hydroxylation is 2. The van der Waals surface area contributed by atoms with Gasteiger partial charge >= 0.3 is 5.91 Å². The molecule has 7 heteroatoms. The molecule has 0 fully saturated rings. The predicted molar refractivity (Wildman–Crippen MR) is 116 cm³/mol. The third-order valence-electron chi connectivity index (χ3n) is 4.96. The smallest absolute Gasteiger partial charge is 0.300 e. The number of carbonyl (C=O) groups is 1. The number of nitrogens with zero attached hydrogens (tertiary/aromatic N) is 4. The quantitative estimate of drug-likeness (QED) is 0.472. The van der Waals surface area contributed by atoms with E-state index >= 15 is 0 Å². The standard InChI is InChI=1S/C22H22N4O2S/c1-3-4-9-14-26-21(28)16-11-6-5-10-15(16)19(24-26)20(27)23-22-25(2)17-12-7-8-13-18(17)29-22/h5-8,10-13H,3-4,9,14H2,1-2H3. The van der Waals surface area contributed by atoms with Crippen LogP contribution >= 0.6 is 11.3 Å². The highest BCUT2D eigenvalue weighted by molar-refractivity contribution is 7.16. The fourth-order valence-electron chi connectivity index (χ4n) is 3.38. The number of hydrogen-bond acceptors (Lipinski definition) is 4. The van der Waals surface area contributed by atoms with E-state index in [0.29, 0.717) is 22.1 Å². The van der Waals surface area contributed by atoms with Crippen LogP contribution in [-0.4, -0.2) is 20.3 Å². The molecule has 0 radical (unpaired) electrons. The van der Waals surface area contributed by atoms with Gasteiger partial charge in [-0.25, -0.2) is 4.68 Å². The van der Waals surface area contributed by atoms with Crippen molar-refractivity contribution in [1.29, 1.82) is 0 Å². The van der Waals surface area contributed by atoms with Gasteiger partial charge in [-0.05, 0) is 24.6 Å². The molecule has 0 unspecified atom stereocenters. The molecule has 0 aliphatic carbocycles. The number of aromatic nitrogens is 3. The van der Waals surface area contributed by atoms with E-state index in [1.165, 1.54) is 16.0 Å². The van der Waals surface area contributed by atoms with E-state index in [0.717, 1.165) is 29.5 Å². The third kappa shape index (κ3) is 3.65. The average molecular weight is 407 g/mol. The molecule has 0 aliphatic heterocycles. The van der Waals surface area contributed by atoms with Gasteiger partial charge in [-0.15, -0.1) is 0 Å². The van der Waals surface area contributed by atoms with Crippen LogP contribution in [0.4, 0.5) is 0 Å². The van der Waals surface area contributed by atoms with Crippen LogP contribution < -0.4 is 10.4 Å². The summed E-state index contributed by atoms with van der Waals surface area (Å²) in [6, 6.07) is 15.0. The second-order valence-corrected chi connectivity index (χ2v) is 7.97. The Bertz CT molecular complexity index is 1330. The highest BCUT2D eigenvalue weighted by atomic mass is 32.1. The molecule has 4 rings (SSSR count). The number of hydrogen-bond donors (Lipinski definition) is 0. The van der Waals surface area contributed by atoms with Gasteiger partial charge in [-0.1, -0.05) is 61.4 Å². The Morgan fingerprint density at radius 1 is 1.07 bits per heavy atom. The molecular formula is C22H22N4O2S. The van der Waals surface area contributed by atoms with Crippen molar-refractivity contribution in [1.82, 2.24) is 14.3 Å². The average Bonchev–Trinajstić information content (AvgIpc) is 3.05. The molecule has 1 amide bonds. The van der Waals surface area contributed by atoms with Crippen molar-refractivity contribution in [2.24, 2.45) is 12.0 Å². The predicted octanol–water partition coefficient (Wildman–Crippen LogP) is 3.88. The monoisotopic (exact) mass is 406 g/mol. The van der Waals surface area contributed by atoms with Gasteiger partial charge in [0.05, 0.1) is 15.6 Å². The summed E-state index contributed by atoms with van der Waals surface area (Å²) in [4.78, 5) is 30.8. The summed E-state index contributed by atoms with van der Waals surface area (Å²) in [5.41, 5.74) is 1.07. The molecule has 29 heavy (non-hydrogen) atoms. The molecule has 0 aliphatic rings. The van der Waals surface area contributed by atoms with Crippen LogP contribution in [0.5, 0.6) is 0 Å². The first-order valence-electron chi connectivity index (χ1n) is 9.73. The summed E-state index contributed by atoms with van der Waals surface area (Å²) in [6.45, 7) is 2.60. The van der Waals surface area contributed by atoms with Crippen molar-refractivity contribution in [3.05, 3.63) is 69.4 Å². The van der Waals surface area contributed by atoms with Crippen LogP contribution in [0.2, 0.25) is 0 Å². The summed E-state index contributed by atoms with van der Waals surface area (Å²) >= 11 is 1.46. The Kier molecular flexibility index (Phi) is 5.40. The van der Waals surface area contributed by atoms with Gasteiger partial charge in [0.15, 0.2) is 10.5 Å². The Morgan fingerprint density at radius 3 is 2.55 bits per heavy atom. The van der Waals surface area contributed by atoms with Gasteiger partial charge in [-0.2, -0.15) is 10.1 Å². The Morgan fingerprint density at radius 2 is 1.79 bits per heavy atom. The topological polar surface area (TPSA) is 69.2 Å². The number of thiazole rings is 1. The lowest BCUT2D eigenvalue weighted by Gasteiger charge is -2.09. The molecule has 148 valence electrons. The summed E-state index contributed by atoms with van der Waals surface area (Å²) in [6.07, 6.45) is 2.90. The maximum atomic E-state index is 13.1. The van der Waals surface area contributed by atoms with Crippen LogP contribution in [0.15, 0.2) is 58.3 Å². The van der Waals surface area contributed by atoms with Gasteiger partial charge in [0.25, 0.3) is 5.56 Å². The fraction of sp³-hybridized carbons (Fsp3) is 0.273. The van der Waals surface area contributed by atoms with Crippen LogP contribution in [0, 0.1) is 0 Å². The number of benzene rings is 2. The van der Waals surface area contributed by atoms with Crippen LogP contribution in [0.3, 0.4) is 0 Å². The molecular weight excluding hydrogens is 384 g/mol. The first kappa shape index (κ1) is 19.3. The second-order valence-electron chi connectivity index (χ2n) is 6.96. The summed E-state index contributed by atoms with van der Waals surface area (Å²) in [7, 11) is 1.89. The third-order valence-corrected chi connectivity index (χ3v) is 6.07. The van der Waals surface area contributed by atoms with E-state index in [4.69, 9.17) is 0 Å². The SMILES string of the molecule is CCCCCn1nc(C(=O)N=c2sc3ccccc3n2C)c2ccccc2c1=O. The molecule has 4 aromatic rings. The molecule has 0 saturated carbocycles. The number of amides is 1. The van der Waals surface area contributed by atoms with Crippen molar-refractivity contribution in [3.8, 4) is 0 Å². The molecule has 0 N–H and O–H groups in total. The summed E-state index contributed by atoms with van der Waals surface area (Å²) < 4.78 is 4.37. The van der Waals surface area contributed by atoms with E-state index in [1.54, 1.807) is 24.3 Å². The Labute approximate surface area is 171 Å². The largest absolute Gasteiger partial charge is 0.319 e. The maximum absolute atomic E-state index is 13.1. The van der Waals surface area contributed by atoms with Crippen LogP contribution in [0.25, 0.3) is 21.0 Å². The number of rotatable bonds is 5. The molecule has 0 spiro atoms. The van der Waals surface area contributed by atoms with E-state index in [-0.39, 0.29) is 11.3 Å². The van der Waals surface area contributed by atoms with Crippen molar-refractivity contribution < 1.29 is 4.79 Å². The minimum atomic E-state index is -0.437. The lowest BCUT2D eigenvalue weighted by molar-refractivity contribution is 0.0992. The van der Waals surface area contributed by atoms with Gasteiger partial charge in [0.1, 0.15) is 0 Å². The highest BCUT2D eigenvalue weighted by Crippen LogP contribution is 2.17. The number of fused-ring (bicyclic) bond motifs is 2. The number of para-hydroxylation sites is 1. The molecule has 0 saturated heterocycles. The molecule has 2 heterocycles. The zero-order valence-electron chi connectivity index (χ0n) is 16.5. The Balaban J connectivity index is 1.85. The van der Waals surface area contributed by atoms with Crippen LogP contribution in [-0.2, 0) is 13.6 Å². The van der Waals surface area contributed by atoms with E-state index in [9.17, 15) is 9.59 Å². The van der Waals surface area contributed by atoms with E-state index in [1.807, 2.05) is 35.9 Å². The maximum Gasteiger partial charge on any atom is 0.300 e. The van der Waals surface area contributed by atoms with Gasteiger partial charge in [0.2, 0.25) is 0 Å². The minimum absolute atomic E-state index is 0.166. The molecule has 0 atom stereocenters. The first-order chi connectivity index (χ1) is 14.1. The lowest BCUT2D eigenvalue weighted by atomic mass is 10.1. The molecule has 6 nitrogen and oxygen atoms in total. The zero-order valence-corrected chi connectivity index (χ0v) is 17.3. The van der Waals surface area contributed by atoms with E-state index in [2.05, 4.69) is 17.0 Å².